The summed E-state index contributed by atoms with van der Waals surface area (Å²) in [6.07, 6.45) is 4.07. The van der Waals surface area contributed by atoms with Gasteiger partial charge in [0.15, 0.2) is 0 Å². The van der Waals surface area contributed by atoms with E-state index in [2.05, 4.69) is 32.9 Å². The second-order valence-electron chi connectivity index (χ2n) is 6.31. The molecule has 2 aromatic rings. The van der Waals surface area contributed by atoms with Crippen molar-refractivity contribution in [2.24, 2.45) is 5.92 Å². The zero-order valence-electron chi connectivity index (χ0n) is 13.0. The number of pyridine rings is 1. The first-order valence-corrected chi connectivity index (χ1v) is 9.03. The van der Waals surface area contributed by atoms with Crippen molar-refractivity contribution in [3.8, 4) is 0 Å². The summed E-state index contributed by atoms with van der Waals surface area (Å²) in [5.41, 5.74) is 2.81. The van der Waals surface area contributed by atoms with E-state index in [1.165, 1.54) is 12.8 Å². The summed E-state index contributed by atoms with van der Waals surface area (Å²) in [5, 5.41) is 2.86. The van der Waals surface area contributed by atoms with E-state index in [0.717, 1.165) is 21.2 Å². The maximum Gasteiger partial charge on any atom is 0.274 e. The van der Waals surface area contributed by atoms with Crippen molar-refractivity contribution >= 4 is 40.1 Å². The average Bonchev–Trinajstić information content (AvgIpc) is 3.32. The molecule has 1 aliphatic carbocycles. The molecule has 122 valence electrons. The van der Waals surface area contributed by atoms with Gasteiger partial charge in [-0.05, 0) is 77.2 Å². The molecule has 6 heteroatoms. The minimum Gasteiger partial charge on any atom is -0.334 e. The Morgan fingerprint density at radius 2 is 2.12 bits per heavy atom. The van der Waals surface area contributed by atoms with Gasteiger partial charge in [0.2, 0.25) is 0 Å². The van der Waals surface area contributed by atoms with Gasteiger partial charge in [-0.2, -0.15) is 0 Å². The van der Waals surface area contributed by atoms with Gasteiger partial charge in [-0.1, -0.05) is 0 Å². The molecule has 5 nitrogen and oxygen atoms in total. The van der Waals surface area contributed by atoms with Crippen LogP contribution < -0.4 is 5.32 Å². The highest BCUT2D eigenvalue weighted by molar-refractivity contribution is 14.1. The summed E-state index contributed by atoms with van der Waals surface area (Å²) in [7, 11) is 0. The standard InChI is InChI=1S/C18H16IN3O2/c19-13-5-6-20-16(8-13)17(23)21-14-3-4-15-12(7-14)10-22(18(15)24)9-11-1-2-11/h3-8,11H,1-2,9-10H2,(H,21,23). The highest BCUT2D eigenvalue weighted by atomic mass is 127. The summed E-state index contributed by atoms with van der Waals surface area (Å²) >= 11 is 2.15. The Kier molecular flexibility index (Phi) is 3.99. The molecule has 0 unspecified atom stereocenters. The van der Waals surface area contributed by atoms with Crippen molar-refractivity contribution in [1.82, 2.24) is 9.88 Å². The molecule has 1 fully saturated rings. The van der Waals surface area contributed by atoms with Crippen molar-refractivity contribution < 1.29 is 9.59 Å². The number of benzene rings is 1. The van der Waals surface area contributed by atoms with Crippen LogP contribution in [0.4, 0.5) is 5.69 Å². The molecule has 0 radical (unpaired) electrons. The van der Waals surface area contributed by atoms with Crippen LogP contribution in [0.1, 0.15) is 39.3 Å². The fraction of sp³-hybridized carbons (Fsp3) is 0.278. The molecule has 4 rings (SSSR count). The number of nitrogens with one attached hydrogen (secondary N) is 1. The van der Waals surface area contributed by atoms with Crippen LogP contribution in [0.3, 0.4) is 0 Å². The van der Waals surface area contributed by atoms with E-state index in [1.54, 1.807) is 18.3 Å². The average molecular weight is 433 g/mol. The number of hydrogen-bond donors (Lipinski definition) is 1. The zero-order chi connectivity index (χ0) is 16.7. The predicted molar refractivity (Wildman–Crippen MR) is 98.8 cm³/mol. The van der Waals surface area contributed by atoms with Crippen LogP contribution in [0, 0.1) is 9.49 Å². The number of halogens is 1. The number of hydrogen-bond acceptors (Lipinski definition) is 3. The number of carbonyl (C=O) groups excluding carboxylic acids is 2. The van der Waals surface area contributed by atoms with Gasteiger partial charge in [0.05, 0.1) is 0 Å². The normalized spacial score (nSPS) is 16.2. The van der Waals surface area contributed by atoms with Crippen LogP contribution >= 0.6 is 22.6 Å². The van der Waals surface area contributed by atoms with Gasteiger partial charge in [0, 0.05) is 34.1 Å². The quantitative estimate of drug-likeness (QED) is 0.753. The highest BCUT2D eigenvalue weighted by Crippen LogP contribution is 2.33. The third kappa shape index (κ3) is 3.15. The third-order valence-corrected chi connectivity index (χ3v) is 5.04. The van der Waals surface area contributed by atoms with Crippen molar-refractivity contribution in [2.75, 3.05) is 11.9 Å². The molecule has 1 saturated carbocycles. The largest absolute Gasteiger partial charge is 0.334 e. The molecule has 24 heavy (non-hydrogen) atoms. The lowest BCUT2D eigenvalue weighted by atomic mass is 10.1. The van der Waals surface area contributed by atoms with Crippen LogP contribution in [-0.2, 0) is 6.54 Å². The van der Waals surface area contributed by atoms with E-state index >= 15 is 0 Å². The van der Waals surface area contributed by atoms with Gasteiger partial charge < -0.3 is 10.2 Å². The van der Waals surface area contributed by atoms with E-state index in [4.69, 9.17) is 0 Å². The number of aromatic nitrogens is 1. The van der Waals surface area contributed by atoms with Gasteiger partial charge >= 0.3 is 0 Å². The molecule has 2 amide bonds. The van der Waals surface area contributed by atoms with Gasteiger partial charge in [-0.3, -0.25) is 14.6 Å². The van der Waals surface area contributed by atoms with Crippen LogP contribution in [0.25, 0.3) is 0 Å². The van der Waals surface area contributed by atoms with Gasteiger partial charge in [-0.25, -0.2) is 0 Å². The van der Waals surface area contributed by atoms with Crippen molar-refractivity contribution in [1.29, 1.82) is 0 Å². The number of carbonyl (C=O) groups is 2. The Morgan fingerprint density at radius 1 is 1.29 bits per heavy atom. The lowest BCUT2D eigenvalue weighted by molar-refractivity contribution is 0.0771. The summed E-state index contributed by atoms with van der Waals surface area (Å²) in [6.45, 7) is 1.48. The van der Waals surface area contributed by atoms with Crippen molar-refractivity contribution in [2.45, 2.75) is 19.4 Å². The highest BCUT2D eigenvalue weighted by Gasteiger charge is 2.32. The first-order chi connectivity index (χ1) is 11.6. The molecule has 2 heterocycles. The summed E-state index contributed by atoms with van der Waals surface area (Å²) in [4.78, 5) is 30.7. The van der Waals surface area contributed by atoms with Crippen LogP contribution in [0.5, 0.6) is 0 Å². The molecule has 1 aromatic carbocycles. The predicted octanol–water partition coefficient (Wildman–Crippen LogP) is 3.30. The smallest absolute Gasteiger partial charge is 0.274 e. The molecule has 2 aliphatic rings. The van der Waals surface area contributed by atoms with E-state index in [9.17, 15) is 9.59 Å². The fourth-order valence-electron chi connectivity index (χ4n) is 2.94. The van der Waals surface area contributed by atoms with Crippen molar-refractivity contribution in [3.63, 3.8) is 0 Å². The second kappa shape index (κ2) is 6.16. The first-order valence-electron chi connectivity index (χ1n) is 7.95. The maximum absolute atomic E-state index is 12.4. The van der Waals surface area contributed by atoms with E-state index in [1.807, 2.05) is 23.1 Å². The Labute approximate surface area is 153 Å². The molecular weight excluding hydrogens is 417 g/mol. The topological polar surface area (TPSA) is 62.3 Å². The maximum atomic E-state index is 12.4. The summed E-state index contributed by atoms with van der Waals surface area (Å²) in [5.74, 6) is 0.538. The van der Waals surface area contributed by atoms with Crippen molar-refractivity contribution in [3.05, 3.63) is 56.9 Å². The van der Waals surface area contributed by atoms with Crippen LogP contribution in [0.2, 0.25) is 0 Å². The van der Waals surface area contributed by atoms with Gasteiger partial charge in [0.1, 0.15) is 5.69 Å². The van der Waals surface area contributed by atoms with Crippen LogP contribution in [0.15, 0.2) is 36.5 Å². The van der Waals surface area contributed by atoms with Gasteiger partial charge in [0.25, 0.3) is 11.8 Å². The lowest BCUT2D eigenvalue weighted by Gasteiger charge is -2.14. The van der Waals surface area contributed by atoms with E-state index < -0.39 is 0 Å². The SMILES string of the molecule is O=C(Nc1ccc2c(c1)CN(CC1CC1)C2=O)c1cc(I)ccn1. The summed E-state index contributed by atoms with van der Waals surface area (Å²) in [6, 6.07) is 9.06. The number of amides is 2. The molecule has 1 N–H and O–H groups in total. The minimum atomic E-state index is -0.243. The first kappa shape index (κ1) is 15.6. The molecular formula is C18H16IN3O2. The van der Waals surface area contributed by atoms with E-state index in [-0.39, 0.29) is 11.8 Å². The Morgan fingerprint density at radius 3 is 2.88 bits per heavy atom. The minimum absolute atomic E-state index is 0.106. The van der Waals surface area contributed by atoms with Crippen LogP contribution in [-0.4, -0.2) is 28.2 Å². The lowest BCUT2D eigenvalue weighted by Crippen LogP contribution is -2.26. The molecule has 0 spiro atoms. The number of rotatable bonds is 4. The fourth-order valence-corrected chi connectivity index (χ4v) is 3.40. The number of fused-ring (bicyclic) bond motifs is 1. The Balaban J connectivity index is 1.50. The monoisotopic (exact) mass is 433 g/mol. The van der Waals surface area contributed by atoms with Gasteiger partial charge in [-0.15, -0.1) is 0 Å². The third-order valence-electron chi connectivity index (χ3n) is 4.37. The molecule has 1 aliphatic heterocycles. The molecule has 1 aromatic heterocycles. The molecule has 0 bridgehead atoms. The second-order valence-corrected chi connectivity index (χ2v) is 7.56. The number of nitrogens with zero attached hydrogens (tertiary/aromatic N) is 2. The number of anilines is 1. The summed E-state index contributed by atoms with van der Waals surface area (Å²) < 4.78 is 0.961. The Hall–Kier alpha value is -1.96. The molecule has 0 saturated heterocycles. The van der Waals surface area contributed by atoms with E-state index in [0.29, 0.717) is 23.8 Å². The zero-order valence-corrected chi connectivity index (χ0v) is 15.1. The molecule has 0 atom stereocenters. The Bertz CT molecular complexity index is 833.